The predicted molar refractivity (Wildman–Crippen MR) is 125 cm³/mol. The van der Waals surface area contributed by atoms with Crippen molar-refractivity contribution >= 4 is 5.91 Å². The lowest BCUT2D eigenvalue weighted by Gasteiger charge is -2.29. The Morgan fingerprint density at radius 2 is 1.75 bits per heavy atom. The summed E-state index contributed by atoms with van der Waals surface area (Å²) >= 11 is 0. The van der Waals surface area contributed by atoms with Gasteiger partial charge in [-0.2, -0.15) is 0 Å². The van der Waals surface area contributed by atoms with Crippen LogP contribution >= 0.6 is 0 Å². The number of furan rings is 1. The molecule has 0 aliphatic heterocycles. The van der Waals surface area contributed by atoms with Crippen molar-refractivity contribution in [2.45, 2.75) is 47.3 Å². The Morgan fingerprint density at radius 3 is 2.41 bits per heavy atom. The van der Waals surface area contributed by atoms with E-state index < -0.39 is 0 Å². The molecule has 0 bridgehead atoms. The van der Waals surface area contributed by atoms with Crippen LogP contribution in [-0.4, -0.2) is 28.8 Å². The molecule has 1 amide bonds. The van der Waals surface area contributed by atoms with Crippen LogP contribution in [0.5, 0.6) is 0 Å². The average molecular weight is 437 g/mol. The minimum absolute atomic E-state index is 0.0247. The lowest BCUT2D eigenvalue weighted by Crippen LogP contribution is -2.40. The molecule has 1 heterocycles. The van der Waals surface area contributed by atoms with Crippen molar-refractivity contribution in [3.63, 3.8) is 0 Å². The minimum atomic E-state index is -0.283. The number of hydrogen-bond acceptors (Lipinski definition) is 3. The largest absolute Gasteiger partial charge is 0.467 e. The third-order valence-electron chi connectivity index (χ3n) is 5.45. The average Bonchev–Trinajstić information content (AvgIpc) is 3.24. The molecule has 0 fully saturated rings. The molecule has 4 nitrogen and oxygen atoms in total. The van der Waals surface area contributed by atoms with E-state index in [-0.39, 0.29) is 11.7 Å². The molecule has 170 valence electrons. The highest BCUT2D eigenvalue weighted by molar-refractivity contribution is 5.78. The third kappa shape index (κ3) is 7.06. The predicted octanol–water partition coefficient (Wildman–Crippen LogP) is 5.72. The molecule has 0 saturated carbocycles. The monoisotopic (exact) mass is 436 g/mol. The Bertz CT molecular complexity index is 997. The first-order valence-electron chi connectivity index (χ1n) is 11.1. The summed E-state index contributed by atoms with van der Waals surface area (Å²) in [5.41, 5.74) is 4.58. The van der Waals surface area contributed by atoms with E-state index in [1.54, 1.807) is 23.3 Å². The molecule has 5 heteroatoms. The number of hydrogen-bond donors (Lipinski definition) is 0. The Kier molecular flexibility index (Phi) is 8.23. The van der Waals surface area contributed by atoms with Gasteiger partial charge in [-0.05, 0) is 60.7 Å². The highest BCUT2D eigenvalue weighted by atomic mass is 19.1. The lowest BCUT2D eigenvalue weighted by atomic mass is 10.0. The topological polar surface area (TPSA) is 36.7 Å². The van der Waals surface area contributed by atoms with Crippen LogP contribution in [0.2, 0.25) is 0 Å². The smallest absolute Gasteiger partial charge is 0.237 e. The highest BCUT2D eigenvalue weighted by Crippen LogP contribution is 2.17. The summed E-state index contributed by atoms with van der Waals surface area (Å²) in [7, 11) is 0. The van der Waals surface area contributed by atoms with Crippen molar-refractivity contribution in [1.29, 1.82) is 0 Å². The van der Waals surface area contributed by atoms with E-state index in [0.717, 1.165) is 24.4 Å². The molecule has 3 aromatic rings. The molecule has 1 aromatic heterocycles. The van der Waals surface area contributed by atoms with Gasteiger partial charge >= 0.3 is 0 Å². The Labute approximate surface area is 190 Å². The first kappa shape index (κ1) is 23.7. The Hall–Kier alpha value is -2.92. The number of rotatable bonds is 10. The summed E-state index contributed by atoms with van der Waals surface area (Å²) < 4.78 is 18.8. The molecule has 0 aliphatic carbocycles. The van der Waals surface area contributed by atoms with Crippen LogP contribution in [0.1, 0.15) is 41.9 Å². The number of amides is 1. The van der Waals surface area contributed by atoms with Gasteiger partial charge in [-0.1, -0.05) is 49.7 Å². The lowest BCUT2D eigenvalue weighted by molar-refractivity contribution is -0.134. The zero-order chi connectivity index (χ0) is 23.1. The van der Waals surface area contributed by atoms with E-state index in [0.29, 0.717) is 25.6 Å². The van der Waals surface area contributed by atoms with Crippen LogP contribution in [0.15, 0.2) is 65.3 Å². The second-order valence-electron chi connectivity index (χ2n) is 8.95. The summed E-state index contributed by atoms with van der Waals surface area (Å²) in [6.45, 7) is 11.2. The van der Waals surface area contributed by atoms with Gasteiger partial charge in [0.1, 0.15) is 11.6 Å². The van der Waals surface area contributed by atoms with Gasteiger partial charge in [-0.25, -0.2) is 4.39 Å². The van der Waals surface area contributed by atoms with E-state index in [4.69, 9.17) is 4.42 Å². The maximum Gasteiger partial charge on any atom is 0.237 e. The Balaban J connectivity index is 1.78. The molecule has 0 spiro atoms. The molecule has 32 heavy (non-hydrogen) atoms. The van der Waals surface area contributed by atoms with Crippen molar-refractivity contribution in [3.8, 4) is 0 Å². The molecule has 0 N–H and O–H groups in total. The van der Waals surface area contributed by atoms with Crippen LogP contribution in [-0.2, 0) is 24.4 Å². The van der Waals surface area contributed by atoms with E-state index >= 15 is 0 Å². The fourth-order valence-corrected chi connectivity index (χ4v) is 3.84. The molecule has 3 rings (SSSR count). The van der Waals surface area contributed by atoms with Crippen molar-refractivity contribution in [1.82, 2.24) is 9.80 Å². The van der Waals surface area contributed by atoms with Gasteiger partial charge < -0.3 is 9.32 Å². The molecular formula is C27H33FN2O2. The first-order chi connectivity index (χ1) is 15.3. The summed E-state index contributed by atoms with van der Waals surface area (Å²) in [5, 5.41) is 0. The highest BCUT2D eigenvalue weighted by Gasteiger charge is 2.21. The summed E-state index contributed by atoms with van der Waals surface area (Å²) in [5.74, 6) is 0.903. The second-order valence-corrected chi connectivity index (χ2v) is 8.95. The van der Waals surface area contributed by atoms with Gasteiger partial charge in [0.25, 0.3) is 0 Å². The van der Waals surface area contributed by atoms with Crippen molar-refractivity contribution < 1.29 is 13.6 Å². The molecule has 0 radical (unpaired) electrons. The number of benzene rings is 2. The maximum absolute atomic E-state index is 13.4. The molecule has 0 saturated heterocycles. The number of nitrogens with zero attached hydrogens (tertiary/aromatic N) is 2. The maximum atomic E-state index is 13.4. The molecular weight excluding hydrogens is 403 g/mol. The van der Waals surface area contributed by atoms with Crippen LogP contribution < -0.4 is 0 Å². The van der Waals surface area contributed by atoms with Crippen LogP contribution in [0, 0.1) is 25.6 Å². The quantitative estimate of drug-likeness (QED) is 0.408. The third-order valence-corrected chi connectivity index (χ3v) is 5.45. The summed E-state index contributed by atoms with van der Waals surface area (Å²) in [4.78, 5) is 17.4. The first-order valence-corrected chi connectivity index (χ1v) is 11.1. The SMILES string of the molecule is Cc1ccc(C)c(CN(CC(=O)N(Cc2ccc(F)cc2)Cc2ccco2)CC(C)C)c1. The molecule has 0 aliphatic rings. The fraction of sp³-hybridized carbons (Fsp3) is 0.370. The molecule has 0 atom stereocenters. The van der Waals surface area contributed by atoms with Crippen molar-refractivity contribution in [2.24, 2.45) is 5.92 Å². The van der Waals surface area contributed by atoms with E-state index in [9.17, 15) is 9.18 Å². The van der Waals surface area contributed by atoms with E-state index in [1.807, 2.05) is 12.1 Å². The normalized spacial score (nSPS) is 11.3. The van der Waals surface area contributed by atoms with E-state index in [2.05, 4.69) is 50.8 Å². The molecule has 2 aromatic carbocycles. The van der Waals surface area contributed by atoms with Gasteiger partial charge in [-0.3, -0.25) is 9.69 Å². The van der Waals surface area contributed by atoms with Crippen LogP contribution in [0.25, 0.3) is 0 Å². The zero-order valence-corrected chi connectivity index (χ0v) is 19.5. The number of carbonyl (C=O) groups is 1. The second kappa shape index (κ2) is 11.1. The number of carbonyl (C=O) groups excluding carboxylic acids is 1. The molecule has 0 unspecified atom stereocenters. The van der Waals surface area contributed by atoms with Gasteiger partial charge in [0.2, 0.25) is 5.91 Å². The van der Waals surface area contributed by atoms with Crippen LogP contribution in [0.4, 0.5) is 4.39 Å². The van der Waals surface area contributed by atoms with Gasteiger partial charge in [0.05, 0.1) is 19.4 Å². The van der Waals surface area contributed by atoms with Gasteiger partial charge in [0, 0.05) is 19.6 Å². The standard InChI is InChI=1S/C27H33FN2O2/c1-20(2)15-29(17-24-14-21(3)7-8-22(24)4)19-27(31)30(18-26-6-5-13-32-26)16-23-9-11-25(28)12-10-23/h5-14,20H,15-19H2,1-4H3. The zero-order valence-electron chi connectivity index (χ0n) is 19.5. The number of aryl methyl sites for hydroxylation is 2. The Morgan fingerprint density at radius 1 is 1.00 bits per heavy atom. The van der Waals surface area contributed by atoms with Crippen LogP contribution in [0.3, 0.4) is 0 Å². The van der Waals surface area contributed by atoms with Gasteiger partial charge in [-0.15, -0.1) is 0 Å². The number of halogens is 1. The van der Waals surface area contributed by atoms with Crippen molar-refractivity contribution in [3.05, 3.63) is 94.7 Å². The summed E-state index contributed by atoms with van der Waals surface area (Å²) in [6.07, 6.45) is 1.61. The minimum Gasteiger partial charge on any atom is -0.467 e. The summed E-state index contributed by atoms with van der Waals surface area (Å²) in [6, 6.07) is 16.4. The van der Waals surface area contributed by atoms with E-state index in [1.165, 1.54) is 28.8 Å². The van der Waals surface area contributed by atoms with Crippen molar-refractivity contribution in [2.75, 3.05) is 13.1 Å². The van der Waals surface area contributed by atoms with Gasteiger partial charge in [0.15, 0.2) is 0 Å². The fourth-order valence-electron chi connectivity index (χ4n) is 3.84.